The summed E-state index contributed by atoms with van der Waals surface area (Å²) in [5, 5.41) is 22.5. The van der Waals surface area contributed by atoms with Crippen LogP contribution in [0.15, 0.2) is 30.0 Å². The molecule has 1 aliphatic rings. The number of ether oxygens (including phenoxy) is 1. The number of anilines is 1. The van der Waals surface area contributed by atoms with Gasteiger partial charge in [0.15, 0.2) is 0 Å². The molecule has 0 spiro atoms. The minimum atomic E-state index is -0.704. The highest BCUT2D eigenvalue weighted by Gasteiger charge is 2.21. The van der Waals surface area contributed by atoms with Gasteiger partial charge in [-0.1, -0.05) is 11.6 Å². The van der Waals surface area contributed by atoms with Crippen LogP contribution in [0.4, 0.5) is 16.2 Å². The molecule has 27 heavy (non-hydrogen) atoms. The fraction of sp³-hybridized carbons (Fsp3) is 0.312. The number of nitriles is 1. The molecule has 11 heteroatoms. The second kappa shape index (κ2) is 8.86. The number of nitro groups is 1. The molecule has 0 aliphatic carbocycles. The molecule has 1 fully saturated rings. The van der Waals surface area contributed by atoms with Crippen molar-refractivity contribution in [1.29, 1.82) is 5.26 Å². The number of amides is 2. The summed E-state index contributed by atoms with van der Waals surface area (Å²) in [6, 6.07) is 5.61. The van der Waals surface area contributed by atoms with Crippen molar-refractivity contribution >= 4 is 35.0 Å². The van der Waals surface area contributed by atoms with Crippen LogP contribution in [0.1, 0.15) is 0 Å². The molecule has 2 rings (SSSR count). The molecule has 1 heterocycles. The molecule has 2 amide bonds. The number of halogens is 1. The topological polar surface area (TPSA) is 129 Å². The van der Waals surface area contributed by atoms with E-state index in [0.29, 0.717) is 26.2 Å². The summed E-state index contributed by atoms with van der Waals surface area (Å²) in [6.45, 7) is 1.65. The lowest BCUT2D eigenvalue weighted by Gasteiger charge is -2.33. The van der Waals surface area contributed by atoms with Crippen LogP contribution in [-0.4, -0.2) is 60.0 Å². The number of hydrogen-bond donors (Lipinski definition) is 1. The summed E-state index contributed by atoms with van der Waals surface area (Å²) < 4.78 is 4.65. The van der Waals surface area contributed by atoms with Crippen molar-refractivity contribution in [3.63, 3.8) is 0 Å². The lowest BCUT2D eigenvalue weighted by molar-refractivity contribution is -0.384. The van der Waals surface area contributed by atoms with Crippen LogP contribution in [0.5, 0.6) is 0 Å². The molecule has 1 aliphatic heterocycles. The van der Waals surface area contributed by atoms with Gasteiger partial charge in [-0.2, -0.15) is 5.26 Å². The number of carbonyl (C=O) groups excluding carboxylic acids is 2. The molecule has 10 nitrogen and oxygen atoms in total. The Morgan fingerprint density at radius 1 is 1.37 bits per heavy atom. The molecule has 0 saturated carbocycles. The first kappa shape index (κ1) is 20.0. The van der Waals surface area contributed by atoms with Gasteiger partial charge in [0, 0.05) is 44.1 Å². The molecular weight excluding hydrogens is 378 g/mol. The molecule has 0 atom stereocenters. The minimum absolute atomic E-state index is 0.0578. The van der Waals surface area contributed by atoms with E-state index in [0.717, 1.165) is 6.07 Å². The van der Waals surface area contributed by atoms with E-state index in [4.69, 9.17) is 11.6 Å². The van der Waals surface area contributed by atoms with E-state index in [-0.39, 0.29) is 22.0 Å². The fourth-order valence-corrected chi connectivity index (χ4v) is 2.60. The van der Waals surface area contributed by atoms with Gasteiger partial charge in [-0.05, 0) is 12.1 Å². The zero-order valence-electron chi connectivity index (χ0n) is 14.3. The average Bonchev–Trinajstić information content (AvgIpc) is 2.67. The van der Waals surface area contributed by atoms with Crippen molar-refractivity contribution in [3.05, 3.63) is 45.1 Å². The number of hydrogen-bond acceptors (Lipinski definition) is 7. The summed E-state index contributed by atoms with van der Waals surface area (Å²) in [7, 11) is 1.30. The number of nitrogens with one attached hydrogen (secondary N) is 1. The number of carbonyl (C=O) groups is 2. The largest absolute Gasteiger partial charge is 0.453 e. The third-order valence-electron chi connectivity index (χ3n) is 3.82. The van der Waals surface area contributed by atoms with E-state index in [1.807, 2.05) is 0 Å². The van der Waals surface area contributed by atoms with Gasteiger partial charge in [0.25, 0.3) is 11.6 Å². The van der Waals surface area contributed by atoms with E-state index >= 15 is 0 Å². The highest BCUT2D eigenvalue weighted by atomic mass is 35.5. The van der Waals surface area contributed by atoms with E-state index in [1.165, 1.54) is 30.3 Å². The molecule has 1 saturated heterocycles. The van der Waals surface area contributed by atoms with Crippen LogP contribution >= 0.6 is 11.6 Å². The molecule has 1 aromatic carbocycles. The van der Waals surface area contributed by atoms with Crippen LogP contribution in [0, 0.1) is 21.4 Å². The fourth-order valence-electron chi connectivity index (χ4n) is 2.41. The Morgan fingerprint density at radius 3 is 2.59 bits per heavy atom. The molecule has 0 radical (unpaired) electrons. The first-order valence-corrected chi connectivity index (χ1v) is 8.17. The Kier molecular flexibility index (Phi) is 6.56. The molecule has 1 N–H and O–H groups in total. The van der Waals surface area contributed by atoms with Crippen molar-refractivity contribution in [2.24, 2.45) is 0 Å². The van der Waals surface area contributed by atoms with Crippen molar-refractivity contribution < 1.29 is 19.2 Å². The van der Waals surface area contributed by atoms with Crippen molar-refractivity contribution in [2.75, 3.05) is 38.6 Å². The Bertz CT molecular complexity index is 827. The molecule has 1 aromatic rings. The minimum Gasteiger partial charge on any atom is -0.453 e. The zero-order chi connectivity index (χ0) is 20.0. The van der Waals surface area contributed by atoms with Gasteiger partial charge >= 0.3 is 6.09 Å². The van der Waals surface area contributed by atoms with Gasteiger partial charge < -0.3 is 19.9 Å². The maximum atomic E-state index is 12.3. The maximum absolute atomic E-state index is 12.3. The Hall–Kier alpha value is -3.32. The maximum Gasteiger partial charge on any atom is 0.409 e. The van der Waals surface area contributed by atoms with E-state index in [2.05, 4.69) is 10.1 Å². The summed E-state index contributed by atoms with van der Waals surface area (Å²) in [5.41, 5.74) is -0.372. The summed E-state index contributed by atoms with van der Waals surface area (Å²) in [4.78, 5) is 37.2. The van der Waals surface area contributed by atoms with Gasteiger partial charge in [0.1, 0.15) is 16.7 Å². The van der Waals surface area contributed by atoms with Gasteiger partial charge in [-0.15, -0.1) is 0 Å². The Labute approximate surface area is 159 Å². The van der Waals surface area contributed by atoms with Crippen LogP contribution in [0.3, 0.4) is 0 Å². The Morgan fingerprint density at radius 2 is 2.04 bits per heavy atom. The van der Waals surface area contributed by atoms with Crippen molar-refractivity contribution in [1.82, 2.24) is 9.80 Å². The molecule has 0 aromatic heterocycles. The van der Waals surface area contributed by atoms with E-state index < -0.39 is 16.9 Å². The number of rotatable bonds is 4. The van der Waals surface area contributed by atoms with E-state index in [1.54, 1.807) is 11.0 Å². The lowest BCUT2D eigenvalue weighted by atomic mass is 10.2. The number of nitro benzene ring substituents is 1. The van der Waals surface area contributed by atoms with Gasteiger partial charge in [0.2, 0.25) is 0 Å². The second-order valence-corrected chi connectivity index (χ2v) is 5.93. The van der Waals surface area contributed by atoms with E-state index in [9.17, 15) is 25.0 Å². The zero-order valence-corrected chi connectivity index (χ0v) is 15.1. The van der Waals surface area contributed by atoms with Gasteiger partial charge in [0.05, 0.1) is 12.0 Å². The quantitative estimate of drug-likeness (QED) is 0.358. The smallest absolute Gasteiger partial charge is 0.409 e. The van der Waals surface area contributed by atoms with Crippen LogP contribution < -0.4 is 5.32 Å². The number of methoxy groups -OCH3 is 1. The molecule has 0 unspecified atom stereocenters. The van der Waals surface area contributed by atoms with Crippen LogP contribution in [0.25, 0.3) is 0 Å². The molecular formula is C16H16ClN5O5. The summed E-state index contributed by atoms with van der Waals surface area (Å²) in [6.07, 6.45) is 0.968. The SMILES string of the molecule is COC(=O)N1CCN(/C=C(/C#N)C(=O)Nc2ccc(Cl)c([N+](=O)[O-])c2)CC1. The summed E-state index contributed by atoms with van der Waals surface area (Å²) in [5.74, 6) is -0.704. The number of nitrogens with zero attached hydrogens (tertiary/aromatic N) is 4. The average molecular weight is 394 g/mol. The van der Waals surface area contributed by atoms with Crippen molar-refractivity contribution in [2.45, 2.75) is 0 Å². The third kappa shape index (κ3) is 5.08. The normalized spacial score (nSPS) is 14.3. The third-order valence-corrected chi connectivity index (χ3v) is 4.14. The summed E-state index contributed by atoms with van der Waals surface area (Å²) >= 11 is 5.73. The molecule has 0 bridgehead atoms. The van der Waals surface area contributed by atoms with Crippen molar-refractivity contribution in [3.8, 4) is 6.07 Å². The van der Waals surface area contributed by atoms with Gasteiger partial charge in [-0.3, -0.25) is 14.9 Å². The van der Waals surface area contributed by atoms with Crippen LogP contribution in [-0.2, 0) is 9.53 Å². The predicted molar refractivity (Wildman–Crippen MR) is 96.0 cm³/mol. The highest BCUT2D eigenvalue weighted by molar-refractivity contribution is 6.32. The first-order valence-electron chi connectivity index (χ1n) is 7.80. The molecule has 142 valence electrons. The standard InChI is InChI=1S/C16H16ClN5O5/c1-27-16(24)21-6-4-20(5-7-21)10-11(9-18)15(23)19-12-2-3-13(17)14(8-12)22(25)26/h2-3,8,10H,4-7H2,1H3,(H,19,23)/b11-10-. The highest BCUT2D eigenvalue weighted by Crippen LogP contribution is 2.27. The van der Waals surface area contributed by atoms with Gasteiger partial charge in [-0.25, -0.2) is 4.79 Å². The first-order chi connectivity index (χ1) is 12.8. The Balaban J connectivity index is 2.05. The predicted octanol–water partition coefficient (Wildman–Crippen LogP) is 1.98. The van der Waals surface area contributed by atoms with Crippen LogP contribution in [0.2, 0.25) is 5.02 Å². The second-order valence-electron chi connectivity index (χ2n) is 5.53. The number of benzene rings is 1. The number of piperazine rings is 1. The lowest BCUT2D eigenvalue weighted by Crippen LogP contribution is -2.47. The monoisotopic (exact) mass is 393 g/mol.